The van der Waals surface area contributed by atoms with Crippen LogP contribution >= 0.6 is 0 Å². The topological polar surface area (TPSA) is 97.0 Å². The molecule has 8 nitrogen and oxygen atoms in total. The van der Waals surface area contributed by atoms with E-state index in [0.29, 0.717) is 23.8 Å². The average Bonchev–Trinajstić information content (AvgIpc) is 3.06. The number of carbonyl (C=O) groups is 1. The molecule has 2 saturated carbocycles. The van der Waals surface area contributed by atoms with E-state index in [2.05, 4.69) is 15.0 Å². The lowest BCUT2D eigenvalue weighted by atomic mass is 9.76. The van der Waals surface area contributed by atoms with E-state index in [9.17, 15) is 14.7 Å². The number of carboxylic acid groups (broad SMARTS) is 1. The highest BCUT2D eigenvalue weighted by molar-refractivity contribution is 5.97. The second-order valence-corrected chi connectivity index (χ2v) is 13.0. The van der Waals surface area contributed by atoms with Gasteiger partial charge in [0.15, 0.2) is 5.69 Å². The third-order valence-corrected chi connectivity index (χ3v) is 9.97. The lowest BCUT2D eigenvalue weighted by molar-refractivity contribution is -0.161. The molecule has 4 aliphatic rings. The summed E-state index contributed by atoms with van der Waals surface area (Å²) in [5, 5.41) is 13.4. The number of piperidine rings is 1. The van der Waals surface area contributed by atoms with Crippen molar-refractivity contribution in [2.24, 2.45) is 17.0 Å². The smallest absolute Gasteiger partial charge is 0.350 e. The lowest BCUT2D eigenvalue weighted by Gasteiger charge is -2.48. The van der Waals surface area contributed by atoms with E-state index in [0.717, 1.165) is 35.7 Å². The zero-order chi connectivity index (χ0) is 27.3. The maximum atomic E-state index is 14.0. The summed E-state index contributed by atoms with van der Waals surface area (Å²) in [6, 6.07) is 9.67. The molecule has 0 amide bonds. The molecule has 4 fully saturated rings. The van der Waals surface area contributed by atoms with Crippen LogP contribution in [0, 0.1) is 11.8 Å². The van der Waals surface area contributed by atoms with Crippen LogP contribution in [0.3, 0.4) is 0 Å². The number of benzene rings is 1. The second-order valence-electron chi connectivity index (χ2n) is 13.0. The molecule has 2 aromatic rings. The van der Waals surface area contributed by atoms with Crippen molar-refractivity contribution in [2.45, 2.75) is 121 Å². The largest absolute Gasteiger partial charge is 0.478 e. The monoisotopic (exact) mass is 534 g/mol. The predicted molar refractivity (Wildman–Crippen MR) is 151 cm³/mol. The van der Waals surface area contributed by atoms with Gasteiger partial charge in [-0.1, -0.05) is 43.0 Å². The Bertz CT molecular complexity index is 1310. The van der Waals surface area contributed by atoms with Crippen molar-refractivity contribution < 1.29 is 14.7 Å². The number of nitrogens with zero attached hydrogens (tertiary/aromatic N) is 4. The van der Waals surface area contributed by atoms with Crippen LogP contribution in [0.4, 0.5) is 0 Å². The predicted octanol–water partition coefficient (Wildman–Crippen LogP) is 5.53. The van der Waals surface area contributed by atoms with Crippen molar-refractivity contribution in [2.75, 3.05) is 0 Å². The van der Waals surface area contributed by atoms with E-state index in [-0.39, 0.29) is 17.3 Å². The van der Waals surface area contributed by atoms with E-state index in [4.69, 9.17) is 4.84 Å². The van der Waals surface area contributed by atoms with E-state index in [1.54, 1.807) is 6.92 Å². The first-order valence-electron chi connectivity index (χ1n) is 15.0. The highest BCUT2D eigenvalue weighted by atomic mass is 16.7. The fourth-order valence-corrected chi connectivity index (χ4v) is 8.12. The number of para-hydroxylation sites is 2. The van der Waals surface area contributed by atoms with E-state index in [1.807, 2.05) is 28.8 Å². The molecule has 2 aliphatic heterocycles. The summed E-state index contributed by atoms with van der Waals surface area (Å²) >= 11 is 0. The molecule has 6 rings (SSSR count). The SMILES string of the molecule is CC(=NOC(C)(C)C(=O)O)c1nc2ccccc2n(C2C[C@H]3CC[C@@H](C2)N3C2CC3CCCCC(C3)C2)c1=O. The summed E-state index contributed by atoms with van der Waals surface area (Å²) in [6.07, 6.45) is 14.2. The summed E-state index contributed by atoms with van der Waals surface area (Å²) in [5.74, 6) is 0.680. The normalized spacial score (nSPS) is 31.7. The molecule has 1 N–H and O–H groups in total. The van der Waals surface area contributed by atoms with Crippen molar-refractivity contribution in [3.63, 3.8) is 0 Å². The van der Waals surface area contributed by atoms with Gasteiger partial charge in [-0.3, -0.25) is 9.69 Å². The van der Waals surface area contributed by atoms with Gasteiger partial charge in [0.2, 0.25) is 5.60 Å². The van der Waals surface area contributed by atoms with Crippen molar-refractivity contribution in [3.8, 4) is 0 Å². The molecular weight excluding hydrogens is 492 g/mol. The molecule has 8 heteroatoms. The van der Waals surface area contributed by atoms with Crippen LogP contribution in [0.25, 0.3) is 11.0 Å². The molecule has 1 aromatic heterocycles. The van der Waals surface area contributed by atoms with Gasteiger partial charge in [0.25, 0.3) is 5.56 Å². The lowest BCUT2D eigenvalue weighted by Crippen LogP contribution is -2.52. The molecule has 3 heterocycles. The van der Waals surface area contributed by atoms with Crippen LogP contribution in [0.2, 0.25) is 0 Å². The third-order valence-electron chi connectivity index (χ3n) is 9.97. The van der Waals surface area contributed by atoms with E-state index < -0.39 is 11.6 Å². The van der Waals surface area contributed by atoms with Crippen molar-refractivity contribution >= 4 is 22.7 Å². The molecule has 1 aromatic carbocycles. The van der Waals surface area contributed by atoms with Gasteiger partial charge < -0.3 is 14.5 Å². The quantitative estimate of drug-likeness (QED) is 0.387. The molecule has 39 heavy (non-hydrogen) atoms. The first-order chi connectivity index (χ1) is 18.7. The van der Waals surface area contributed by atoms with Crippen molar-refractivity contribution in [1.29, 1.82) is 0 Å². The Morgan fingerprint density at radius 1 is 0.949 bits per heavy atom. The Morgan fingerprint density at radius 3 is 2.23 bits per heavy atom. The molecule has 4 bridgehead atoms. The summed E-state index contributed by atoms with van der Waals surface area (Å²) in [5.41, 5.74) is 0.436. The number of aromatic nitrogens is 2. The van der Waals surface area contributed by atoms with Gasteiger partial charge in [-0.05, 0) is 89.7 Å². The highest BCUT2D eigenvalue weighted by Crippen LogP contribution is 2.47. The maximum Gasteiger partial charge on any atom is 0.350 e. The third kappa shape index (κ3) is 5.01. The number of oxime groups is 1. The highest BCUT2D eigenvalue weighted by Gasteiger charge is 2.47. The Balaban J connectivity index is 1.30. The van der Waals surface area contributed by atoms with Gasteiger partial charge in [-0.2, -0.15) is 0 Å². The maximum absolute atomic E-state index is 14.0. The number of hydrogen-bond donors (Lipinski definition) is 1. The number of fused-ring (bicyclic) bond motifs is 5. The van der Waals surface area contributed by atoms with Crippen molar-refractivity contribution in [1.82, 2.24) is 14.5 Å². The number of rotatable bonds is 6. The summed E-state index contributed by atoms with van der Waals surface area (Å²) < 4.78 is 1.96. The van der Waals surface area contributed by atoms with Gasteiger partial charge in [-0.15, -0.1) is 0 Å². The van der Waals surface area contributed by atoms with Gasteiger partial charge in [0.05, 0.1) is 11.0 Å². The number of carboxylic acids is 1. The molecule has 2 aliphatic carbocycles. The minimum absolute atomic E-state index is 0.105. The van der Waals surface area contributed by atoms with Crippen LogP contribution in [-0.2, 0) is 9.63 Å². The van der Waals surface area contributed by atoms with Gasteiger partial charge in [0, 0.05) is 24.2 Å². The van der Waals surface area contributed by atoms with Gasteiger partial charge in [0.1, 0.15) is 5.71 Å². The zero-order valence-electron chi connectivity index (χ0n) is 23.5. The standard InChI is InChI=1S/C31H42N4O4/c1-19(33-39-31(2,3)30(37)38)28-29(36)35(27-11-7-6-10-26(27)32-28)25-17-22-12-13-23(18-25)34(22)24-15-20-8-4-5-9-21(14-20)16-24/h6-7,10-11,20-25H,4-5,8-9,12-18H2,1-3H3,(H,37,38)/t20?,21?,22-,23+,24?,25?. The molecule has 0 spiro atoms. The Hall–Kier alpha value is -2.74. The van der Waals surface area contributed by atoms with Crippen LogP contribution in [0.1, 0.15) is 103 Å². The van der Waals surface area contributed by atoms with Crippen LogP contribution in [0.15, 0.2) is 34.2 Å². The Morgan fingerprint density at radius 2 is 1.59 bits per heavy atom. The summed E-state index contributed by atoms with van der Waals surface area (Å²) in [6.45, 7) is 4.53. The van der Waals surface area contributed by atoms with E-state index in [1.165, 1.54) is 71.6 Å². The number of aliphatic carboxylic acids is 1. The van der Waals surface area contributed by atoms with Crippen LogP contribution in [-0.4, -0.2) is 55.0 Å². The second kappa shape index (κ2) is 10.3. The molecule has 3 unspecified atom stereocenters. The summed E-state index contributed by atoms with van der Waals surface area (Å²) in [7, 11) is 0. The first-order valence-corrected chi connectivity index (χ1v) is 15.0. The van der Waals surface area contributed by atoms with Gasteiger partial charge in [-0.25, -0.2) is 9.78 Å². The minimum Gasteiger partial charge on any atom is -0.478 e. The van der Waals surface area contributed by atoms with Crippen LogP contribution in [0.5, 0.6) is 0 Å². The van der Waals surface area contributed by atoms with Crippen LogP contribution < -0.4 is 5.56 Å². The molecule has 210 valence electrons. The fraction of sp³-hybridized carbons (Fsp3) is 0.677. The van der Waals surface area contributed by atoms with Gasteiger partial charge >= 0.3 is 5.97 Å². The fourth-order valence-electron chi connectivity index (χ4n) is 8.12. The molecular formula is C31H42N4O4. The van der Waals surface area contributed by atoms with E-state index >= 15 is 0 Å². The average molecular weight is 535 g/mol. The zero-order valence-corrected chi connectivity index (χ0v) is 23.5. The van der Waals surface area contributed by atoms with Crippen molar-refractivity contribution in [3.05, 3.63) is 40.3 Å². The minimum atomic E-state index is -1.50. The molecule has 0 radical (unpaired) electrons. The molecule has 5 atom stereocenters. The first kappa shape index (κ1) is 26.5. The Kier molecular flexibility index (Phi) is 7.02. The summed E-state index contributed by atoms with van der Waals surface area (Å²) in [4.78, 5) is 38.3. The Labute approximate surface area is 230 Å². The number of hydrogen-bond acceptors (Lipinski definition) is 6. The molecule has 2 saturated heterocycles.